The summed E-state index contributed by atoms with van der Waals surface area (Å²) in [5.41, 5.74) is 1.89. The minimum atomic E-state index is -4.50. The Morgan fingerprint density at radius 1 is 1.00 bits per heavy atom. The van der Waals surface area contributed by atoms with Crippen LogP contribution in [0, 0.1) is 20.8 Å². The van der Waals surface area contributed by atoms with Crippen molar-refractivity contribution in [2.24, 2.45) is 0 Å². The van der Waals surface area contributed by atoms with Crippen LogP contribution in [0.2, 0.25) is 5.02 Å². The molecule has 0 aliphatic heterocycles. The zero-order valence-corrected chi connectivity index (χ0v) is 14.9. The second kappa shape index (κ2) is 6.60. The van der Waals surface area contributed by atoms with E-state index in [9.17, 15) is 13.2 Å². The molecule has 0 unspecified atom stereocenters. The normalized spacial score (nSPS) is 11.7. The van der Waals surface area contributed by atoms with Gasteiger partial charge in [-0.15, -0.1) is 0 Å². The summed E-state index contributed by atoms with van der Waals surface area (Å²) in [6.45, 7) is 5.54. The van der Waals surface area contributed by atoms with Crippen molar-refractivity contribution in [3.8, 4) is 5.95 Å². The number of anilines is 2. The highest BCUT2D eigenvalue weighted by molar-refractivity contribution is 6.31. The lowest BCUT2D eigenvalue weighted by molar-refractivity contribution is -0.137. The highest BCUT2D eigenvalue weighted by Crippen LogP contribution is 2.36. The molecule has 136 valence electrons. The quantitative estimate of drug-likeness (QED) is 0.693. The number of nitrogens with zero attached hydrogens (tertiary/aromatic N) is 4. The predicted molar refractivity (Wildman–Crippen MR) is 93.1 cm³/mol. The molecule has 0 fully saturated rings. The fourth-order valence-corrected chi connectivity index (χ4v) is 2.80. The molecule has 1 N–H and O–H groups in total. The second-order valence-corrected chi connectivity index (χ2v) is 6.26. The lowest BCUT2D eigenvalue weighted by atomic mass is 10.2. The Bertz CT molecular complexity index is 966. The van der Waals surface area contributed by atoms with Crippen molar-refractivity contribution in [2.45, 2.75) is 26.9 Å². The van der Waals surface area contributed by atoms with Crippen LogP contribution in [0.5, 0.6) is 0 Å². The molecule has 0 saturated carbocycles. The third kappa shape index (κ3) is 3.80. The number of nitrogens with one attached hydrogen (secondary N) is 1. The molecule has 0 saturated heterocycles. The number of alkyl halides is 3. The molecule has 5 nitrogen and oxygen atoms in total. The van der Waals surface area contributed by atoms with Gasteiger partial charge in [0.25, 0.3) is 5.95 Å². The minimum Gasteiger partial charge on any atom is -0.340 e. The second-order valence-electron chi connectivity index (χ2n) is 5.85. The molecule has 2 heterocycles. The molecule has 0 aliphatic carbocycles. The van der Waals surface area contributed by atoms with Gasteiger partial charge in [-0.2, -0.15) is 23.3 Å². The SMILES string of the molecule is Cc1cc(Nc2ccc(C(F)(F)F)c(Cl)c2)nc(-n2nc(C)cc2C)n1. The highest BCUT2D eigenvalue weighted by atomic mass is 35.5. The summed E-state index contributed by atoms with van der Waals surface area (Å²) < 4.78 is 40.0. The monoisotopic (exact) mass is 381 g/mol. The van der Waals surface area contributed by atoms with E-state index in [1.165, 1.54) is 12.1 Å². The minimum absolute atomic E-state index is 0.371. The summed E-state index contributed by atoms with van der Waals surface area (Å²) >= 11 is 5.76. The Kier molecular flexibility index (Phi) is 4.62. The first kappa shape index (κ1) is 18.2. The molecule has 2 aromatic heterocycles. The third-order valence-corrected chi connectivity index (χ3v) is 3.90. The van der Waals surface area contributed by atoms with Crippen LogP contribution < -0.4 is 5.32 Å². The van der Waals surface area contributed by atoms with E-state index in [0.717, 1.165) is 17.5 Å². The molecular formula is C17H15ClF3N5. The third-order valence-electron chi connectivity index (χ3n) is 3.59. The van der Waals surface area contributed by atoms with Crippen LogP contribution in [0.15, 0.2) is 30.3 Å². The van der Waals surface area contributed by atoms with E-state index in [2.05, 4.69) is 20.4 Å². The van der Waals surface area contributed by atoms with Gasteiger partial charge in [-0.3, -0.25) is 0 Å². The fourth-order valence-electron chi connectivity index (χ4n) is 2.51. The fraction of sp³-hybridized carbons (Fsp3) is 0.235. The Labute approximate surface area is 152 Å². The molecule has 0 spiro atoms. The van der Waals surface area contributed by atoms with Gasteiger partial charge in [-0.1, -0.05) is 11.6 Å². The highest BCUT2D eigenvalue weighted by Gasteiger charge is 2.33. The number of halogens is 4. The van der Waals surface area contributed by atoms with Crippen molar-refractivity contribution >= 4 is 23.1 Å². The van der Waals surface area contributed by atoms with E-state index in [1.54, 1.807) is 17.7 Å². The predicted octanol–water partition coefficient (Wildman–Crippen LogP) is 5.00. The molecule has 0 atom stereocenters. The maximum atomic E-state index is 12.8. The molecule has 0 aliphatic rings. The average Bonchev–Trinajstić information content (AvgIpc) is 2.84. The molecule has 0 radical (unpaired) electrons. The summed E-state index contributed by atoms with van der Waals surface area (Å²) in [6.07, 6.45) is -4.50. The van der Waals surface area contributed by atoms with Gasteiger partial charge in [-0.05, 0) is 45.0 Å². The first-order valence-corrected chi connectivity index (χ1v) is 8.04. The zero-order chi connectivity index (χ0) is 19.1. The van der Waals surface area contributed by atoms with Crippen LogP contribution in [0.1, 0.15) is 22.6 Å². The molecular weight excluding hydrogens is 367 g/mol. The maximum Gasteiger partial charge on any atom is 0.417 e. The summed E-state index contributed by atoms with van der Waals surface area (Å²) in [6, 6.07) is 7.02. The zero-order valence-electron chi connectivity index (χ0n) is 14.2. The molecule has 3 rings (SSSR count). The number of rotatable bonds is 3. The number of hydrogen-bond donors (Lipinski definition) is 1. The van der Waals surface area contributed by atoms with Crippen LogP contribution in [0.25, 0.3) is 5.95 Å². The molecule has 26 heavy (non-hydrogen) atoms. The summed E-state index contributed by atoms with van der Waals surface area (Å²) in [4.78, 5) is 8.75. The van der Waals surface area contributed by atoms with E-state index >= 15 is 0 Å². The van der Waals surface area contributed by atoms with Gasteiger partial charge in [-0.25, -0.2) is 9.67 Å². The van der Waals surface area contributed by atoms with Gasteiger partial charge in [0, 0.05) is 23.1 Å². The standard InChI is InChI=1S/C17H15ClF3N5/c1-9-7-15(24-16(22-9)26-11(3)6-10(2)25-26)23-12-4-5-13(14(18)8-12)17(19,20)21/h4-8H,1-3H3,(H,22,23,24). The number of aromatic nitrogens is 4. The number of aryl methyl sites for hydroxylation is 3. The van der Waals surface area contributed by atoms with Crippen molar-refractivity contribution in [2.75, 3.05) is 5.32 Å². The van der Waals surface area contributed by atoms with Gasteiger partial charge >= 0.3 is 6.18 Å². The maximum absolute atomic E-state index is 12.8. The molecule has 3 aromatic rings. The van der Waals surface area contributed by atoms with Crippen LogP contribution in [-0.4, -0.2) is 19.7 Å². The summed E-state index contributed by atoms with van der Waals surface area (Å²) in [5.74, 6) is 0.798. The number of hydrogen-bond acceptors (Lipinski definition) is 4. The first-order valence-electron chi connectivity index (χ1n) is 7.66. The van der Waals surface area contributed by atoms with Crippen LogP contribution in [0.4, 0.5) is 24.7 Å². The Morgan fingerprint density at radius 2 is 1.73 bits per heavy atom. The van der Waals surface area contributed by atoms with Gasteiger partial charge in [0.05, 0.1) is 16.3 Å². The van der Waals surface area contributed by atoms with Crippen molar-refractivity contribution < 1.29 is 13.2 Å². The number of benzene rings is 1. The van der Waals surface area contributed by atoms with E-state index in [4.69, 9.17) is 11.6 Å². The first-order chi connectivity index (χ1) is 12.1. The molecule has 1 aromatic carbocycles. The van der Waals surface area contributed by atoms with Crippen LogP contribution >= 0.6 is 11.6 Å². The van der Waals surface area contributed by atoms with Crippen molar-refractivity contribution in [1.82, 2.24) is 19.7 Å². The molecule has 9 heteroatoms. The Hall–Kier alpha value is -2.61. The largest absolute Gasteiger partial charge is 0.417 e. The van der Waals surface area contributed by atoms with E-state index in [0.29, 0.717) is 23.1 Å². The van der Waals surface area contributed by atoms with Gasteiger partial charge in [0.1, 0.15) is 5.82 Å². The smallest absolute Gasteiger partial charge is 0.340 e. The van der Waals surface area contributed by atoms with E-state index < -0.39 is 11.7 Å². The molecule has 0 bridgehead atoms. The average molecular weight is 382 g/mol. The van der Waals surface area contributed by atoms with Crippen molar-refractivity contribution in [1.29, 1.82) is 0 Å². The van der Waals surface area contributed by atoms with E-state index in [1.807, 2.05) is 19.9 Å². The van der Waals surface area contributed by atoms with Gasteiger partial charge in [0.2, 0.25) is 0 Å². The Balaban J connectivity index is 1.94. The van der Waals surface area contributed by atoms with Crippen molar-refractivity contribution in [3.63, 3.8) is 0 Å². The van der Waals surface area contributed by atoms with E-state index in [-0.39, 0.29) is 5.02 Å². The lowest BCUT2D eigenvalue weighted by Gasteiger charge is -2.12. The lowest BCUT2D eigenvalue weighted by Crippen LogP contribution is -2.08. The molecule has 0 amide bonds. The summed E-state index contributed by atoms with van der Waals surface area (Å²) in [7, 11) is 0. The van der Waals surface area contributed by atoms with Gasteiger partial charge in [0.15, 0.2) is 0 Å². The van der Waals surface area contributed by atoms with Crippen LogP contribution in [-0.2, 0) is 6.18 Å². The Morgan fingerprint density at radius 3 is 2.31 bits per heavy atom. The van der Waals surface area contributed by atoms with Gasteiger partial charge < -0.3 is 5.32 Å². The summed E-state index contributed by atoms with van der Waals surface area (Å²) in [5, 5.41) is 6.91. The topological polar surface area (TPSA) is 55.6 Å². The van der Waals surface area contributed by atoms with Crippen LogP contribution in [0.3, 0.4) is 0 Å². The van der Waals surface area contributed by atoms with Crippen molar-refractivity contribution in [3.05, 3.63) is 58.0 Å².